The van der Waals surface area contributed by atoms with Gasteiger partial charge in [-0.25, -0.2) is 8.42 Å². The number of sulfonamides is 1. The molecule has 0 radical (unpaired) electrons. The Balaban J connectivity index is 2.22. The Kier molecular flexibility index (Phi) is 5.46. The third kappa shape index (κ3) is 3.88. The lowest BCUT2D eigenvalue weighted by Crippen LogP contribution is -2.29. The van der Waals surface area contributed by atoms with E-state index in [1.54, 1.807) is 24.5 Å². The second-order valence-corrected chi connectivity index (χ2v) is 7.81. The zero-order valence-electron chi connectivity index (χ0n) is 11.8. The van der Waals surface area contributed by atoms with Crippen LogP contribution in [0.15, 0.2) is 40.9 Å². The van der Waals surface area contributed by atoms with E-state index in [-0.39, 0.29) is 6.61 Å². The van der Waals surface area contributed by atoms with Gasteiger partial charge in [-0.2, -0.15) is 4.31 Å². The lowest BCUT2D eigenvalue weighted by Gasteiger charge is -2.19. The van der Waals surface area contributed by atoms with Gasteiger partial charge in [0.05, 0.1) is 0 Å². The minimum Gasteiger partial charge on any atom is -0.396 e. The highest BCUT2D eigenvalue weighted by atomic mass is 32.2. The number of thiophene rings is 1. The molecule has 2 aromatic rings. The molecular weight excluding hydrogens is 308 g/mol. The fourth-order valence-corrected chi connectivity index (χ4v) is 4.86. The molecule has 21 heavy (non-hydrogen) atoms. The first-order valence-electron chi connectivity index (χ1n) is 6.66. The van der Waals surface area contributed by atoms with Crippen LogP contribution >= 0.6 is 11.3 Å². The van der Waals surface area contributed by atoms with Gasteiger partial charge in [-0.15, -0.1) is 11.3 Å². The lowest BCUT2D eigenvalue weighted by molar-refractivity contribution is 0.300. The first-order valence-corrected chi connectivity index (χ1v) is 8.92. The molecule has 0 spiro atoms. The molecule has 2 aromatic heterocycles. The lowest BCUT2D eigenvalue weighted by atomic mass is 10.3. The van der Waals surface area contributed by atoms with E-state index in [0.29, 0.717) is 23.7 Å². The van der Waals surface area contributed by atoms with Crippen LogP contribution in [0, 0.1) is 0 Å². The van der Waals surface area contributed by atoms with Crippen LogP contribution in [0.1, 0.15) is 17.4 Å². The minimum absolute atomic E-state index is 0.0223. The zero-order valence-corrected chi connectivity index (χ0v) is 13.4. The van der Waals surface area contributed by atoms with E-state index in [9.17, 15) is 8.42 Å². The number of aliphatic hydroxyl groups excluding tert-OH is 1. The number of pyridine rings is 1. The number of aliphatic hydroxyl groups is 1. The van der Waals surface area contributed by atoms with E-state index in [2.05, 4.69) is 4.98 Å². The van der Waals surface area contributed by atoms with Gasteiger partial charge in [0.1, 0.15) is 4.21 Å². The molecule has 7 heteroatoms. The molecule has 0 saturated heterocycles. The summed E-state index contributed by atoms with van der Waals surface area (Å²) in [6, 6.07) is 6.99. The maximum absolute atomic E-state index is 12.6. The first-order chi connectivity index (χ1) is 10.1. The summed E-state index contributed by atoms with van der Waals surface area (Å²) in [5.74, 6) is 0. The van der Waals surface area contributed by atoms with Crippen molar-refractivity contribution in [3.8, 4) is 0 Å². The van der Waals surface area contributed by atoms with E-state index in [1.165, 1.54) is 15.6 Å². The second kappa shape index (κ2) is 7.13. The van der Waals surface area contributed by atoms with E-state index in [1.807, 2.05) is 19.1 Å². The molecule has 0 atom stereocenters. The Morgan fingerprint density at radius 3 is 2.57 bits per heavy atom. The van der Waals surface area contributed by atoms with Crippen molar-refractivity contribution >= 4 is 21.4 Å². The van der Waals surface area contributed by atoms with Crippen LogP contribution in [-0.4, -0.2) is 36.0 Å². The molecule has 0 fully saturated rings. The normalized spacial score (nSPS) is 12.0. The van der Waals surface area contributed by atoms with Crippen LogP contribution in [0.2, 0.25) is 0 Å². The zero-order chi connectivity index (χ0) is 15.3. The van der Waals surface area contributed by atoms with Gasteiger partial charge in [0, 0.05) is 43.4 Å². The maximum atomic E-state index is 12.6. The number of hydrogen-bond donors (Lipinski definition) is 1. The van der Waals surface area contributed by atoms with Gasteiger partial charge in [-0.1, -0.05) is 6.92 Å². The van der Waals surface area contributed by atoms with Gasteiger partial charge in [0.15, 0.2) is 0 Å². The molecule has 5 nitrogen and oxygen atoms in total. The number of nitrogens with zero attached hydrogens (tertiary/aromatic N) is 2. The van der Waals surface area contributed by atoms with Crippen LogP contribution in [0.25, 0.3) is 0 Å². The third-order valence-electron chi connectivity index (χ3n) is 3.05. The summed E-state index contributed by atoms with van der Waals surface area (Å²) in [4.78, 5) is 4.80. The highest BCUT2D eigenvalue weighted by molar-refractivity contribution is 7.91. The Hall–Kier alpha value is -1.28. The molecule has 2 heterocycles. The fourth-order valence-electron chi connectivity index (χ4n) is 1.93. The topological polar surface area (TPSA) is 70.5 Å². The van der Waals surface area contributed by atoms with Crippen LogP contribution in [0.3, 0.4) is 0 Å². The summed E-state index contributed by atoms with van der Waals surface area (Å²) in [6.45, 7) is 2.57. The van der Waals surface area contributed by atoms with Gasteiger partial charge in [-0.05, 0) is 29.8 Å². The van der Waals surface area contributed by atoms with Crippen molar-refractivity contribution in [3.05, 3.63) is 47.1 Å². The summed E-state index contributed by atoms with van der Waals surface area (Å²) in [5, 5.41) is 8.92. The molecule has 0 saturated carbocycles. The minimum atomic E-state index is -3.50. The van der Waals surface area contributed by atoms with Gasteiger partial charge >= 0.3 is 0 Å². The Bertz CT molecular complexity index is 669. The largest absolute Gasteiger partial charge is 0.396 e. The Morgan fingerprint density at radius 1 is 1.24 bits per heavy atom. The van der Waals surface area contributed by atoms with Gasteiger partial charge in [0.2, 0.25) is 0 Å². The molecule has 0 bridgehead atoms. The smallest absolute Gasteiger partial charge is 0.252 e. The molecule has 2 rings (SSSR count). The highest BCUT2D eigenvalue weighted by Gasteiger charge is 2.24. The van der Waals surface area contributed by atoms with E-state index in [0.717, 1.165) is 10.4 Å². The summed E-state index contributed by atoms with van der Waals surface area (Å²) in [5.41, 5.74) is 0.905. The maximum Gasteiger partial charge on any atom is 0.252 e. The summed E-state index contributed by atoms with van der Waals surface area (Å²) in [7, 11) is -3.50. The van der Waals surface area contributed by atoms with Gasteiger partial charge in [0.25, 0.3) is 10.0 Å². The Labute approximate surface area is 128 Å². The van der Waals surface area contributed by atoms with E-state index >= 15 is 0 Å². The third-order valence-corrected chi connectivity index (χ3v) is 6.58. The molecule has 0 aliphatic heterocycles. The predicted molar refractivity (Wildman–Crippen MR) is 82.6 cm³/mol. The van der Waals surface area contributed by atoms with Crippen LogP contribution in [-0.2, 0) is 23.0 Å². The average Bonchev–Trinajstić information content (AvgIpc) is 2.95. The van der Waals surface area contributed by atoms with Gasteiger partial charge in [-0.3, -0.25) is 4.98 Å². The van der Waals surface area contributed by atoms with Crippen molar-refractivity contribution in [2.24, 2.45) is 0 Å². The average molecular weight is 326 g/mol. The summed E-state index contributed by atoms with van der Waals surface area (Å²) in [6.07, 6.45) is 3.79. The first kappa shape index (κ1) is 16.1. The van der Waals surface area contributed by atoms with Crippen molar-refractivity contribution in [1.29, 1.82) is 0 Å². The predicted octanol–water partition coefficient (Wildman–Crippen LogP) is 1.89. The number of rotatable bonds is 7. The molecule has 0 aliphatic carbocycles. The van der Waals surface area contributed by atoms with E-state index < -0.39 is 10.0 Å². The molecule has 1 N–H and O–H groups in total. The van der Waals surface area contributed by atoms with Crippen LogP contribution < -0.4 is 0 Å². The number of hydrogen-bond acceptors (Lipinski definition) is 5. The quantitative estimate of drug-likeness (QED) is 0.843. The molecule has 0 amide bonds. The van der Waals surface area contributed by atoms with Crippen molar-refractivity contribution in [1.82, 2.24) is 9.29 Å². The SMILES string of the molecule is CCN(Cc1ccncc1)S(=O)(=O)c1ccc(CCO)s1. The van der Waals surface area contributed by atoms with E-state index in [4.69, 9.17) is 5.11 Å². The van der Waals surface area contributed by atoms with Gasteiger partial charge < -0.3 is 5.11 Å². The Morgan fingerprint density at radius 2 is 1.95 bits per heavy atom. The number of aromatic nitrogens is 1. The fraction of sp³-hybridized carbons (Fsp3) is 0.357. The van der Waals surface area contributed by atoms with Crippen LogP contribution in [0.5, 0.6) is 0 Å². The monoisotopic (exact) mass is 326 g/mol. The molecule has 0 aromatic carbocycles. The molecular formula is C14H18N2O3S2. The standard InChI is InChI=1S/C14H18N2O3S2/c1-2-16(11-12-5-8-15-9-6-12)21(18,19)14-4-3-13(20-14)7-10-17/h3-6,8-9,17H,2,7,10-11H2,1H3. The van der Waals surface area contributed by atoms with Crippen molar-refractivity contribution in [2.45, 2.75) is 24.1 Å². The van der Waals surface area contributed by atoms with Crippen LogP contribution in [0.4, 0.5) is 0 Å². The van der Waals surface area contributed by atoms with Crippen molar-refractivity contribution < 1.29 is 13.5 Å². The summed E-state index contributed by atoms with van der Waals surface area (Å²) >= 11 is 1.22. The molecule has 0 unspecified atom stereocenters. The molecule has 0 aliphatic rings. The second-order valence-electron chi connectivity index (χ2n) is 4.48. The van der Waals surface area contributed by atoms with Crippen molar-refractivity contribution in [2.75, 3.05) is 13.2 Å². The highest BCUT2D eigenvalue weighted by Crippen LogP contribution is 2.26. The molecule has 114 valence electrons. The van der Waals surface area contributed by atoms with Crippen molar-refractivity contribution in [3.63, 3.8) is 0 Å². The summed E-state index contributed by atoms with van der Waals surface area (Å²) < 4.78 is 27.0.